The van der Waals surface area contributed by atoms with Crippen molar-refractivity contribution in [1.29, 1.82) is 0 Å². The molecule has 0 bridgehead atoms. The monoisotopic (exact) mass is 556 g/mol. The Labute approximate surface area is 240 Å². The highest BCUT2D eigenvalue weighted by Crippen LogP contribution is 2.44. The number of fused-ring (bicyclic) bond motifs is 1. The predicted octanol–water partition coefficient (Wildman–Crippen LogP) is 5.68. The highest BCUT2D eigenvalue weighted by Gasteiger charge is 2.52. The molecule has 1 aliphatic heterocycles. The minimum Gasteiger partial charge on any atom is -0.497 e. The van der Waals surface area contributed by atoms with Crippen molar-refractivity contribution >= 4 is 29.4 Å². The van der Waals surface area contributed by atoms with E-state index in [0.717, 1.165) is 4.90 Å². The van der Waals surface area contributed by atoms with Crippen molar-refractivity contribution < 1.29 is 28.7 Å². The molecule has 2 atom stereocenters. The average Bonchev–Trinajstić information content (AvgIpc) is 3.20. The molecule has 3 aromatic carbocycles. The van der Waals surface area contributed by atoms with Crippen LogP contribution in [0.5, 0.6) is 5.75 Å². The number of methoxy groups -OCH3 is 2. The number of rotatable bonds is 8. The van der Waals surface area contributed by atoms with E-state index in [1.54, 1.807) is 93.8 Å². The van der Waals surface area contributed by atoms with E-state index < -0.39 is 46.6 Å². The third-order valence-corrected chi connectivity index (χ3v) is 7.49. The Hall–Kier alpha value is -4.46. The second-order valence-electron chi connectivity index (χ2n) is 11.7. The summed E-state index contributed by atoms with van der Waals surface area (Å²) in [5.74, 6) is -1.48. The van der Waals surface area contributed by atoms with Gasteiger partial charge in [0.2, 0.25) is 0 Å². The third kappa shape index (κ3) is 5.34. The van der Waals surface area contributed by atoms with Gasteiger partial charge in [-0.15, -0.1) is 0 Å². The Morgan fingerprint density at radius 2 is 1.27 bits per heavy atom. The maximum atomic E-state index is 15.0. The number of imide groups is 1. The number of nitrogens with zero attached hydrogens (tertiary/aromatic N) is 2. The molecule has 0 unspecified atom stereocenters. The van der Waals surface area contributed by atoms with Crippen molar-refractivity contribution in [2.24, 2.45) is 10.8 Å². The molecule has 0 saturated carbocycles. The van der Waals surface area contributed by atoms with E-state index in [9.17, 15) is 14.4 Å². The summed E-state index contributed by atoms with van der Waals surface area (Å²) >= 11 is 0. The molecule has 0 saturated heterocycles. The number of carbonyl (C=O) groups is 4. The molecule has 8 nitrogen and oxygen atoms in total. The second kappa shape index (κ2) is 11.2. The number of anilines is 1. The molecule has 1 heterocycles. The third-order valence-electron chi connectivity index (χ3n) is 7.49. The number of hydrogen-bond acceptors (Lipinski definition) is 6. The number of para-hydroxylation sites is 1. The molecule has 0 fully saturated rings. The van der Waals surface area contributed by atoms with Crippen LogP contribution in [0.15, 0.2) is 78.9 Å². The summed E-state index contributed by atoms with van der Waals surface area (Å²) in [6.07, 6.45) is 0. The van der Waals surface area contributed by atoms with Gasteiger partial charge in [-0.05, 0) is 61.2 Å². The molecular weight excluding hydrogens is 520 g/mol. The Bertz CT molecular complexity index is 1420. The van der Waals surface area contributed by atoms with Gasteiger partial charge in [0.05, 0.1) is 36.8 Å². The number of benzene rings is 3. The SMILES string of the molecule is COC(=O)C(C)(C)[C@H](c1ccc(OC)cc1)N(C(=O)[C@@H](N1C(=O)c2ccccc2C1=O)C(C)(C)C)c1ccccc1. The van der Waals surface area contributed by atoms with Crippen molar-refractivity contribution in [3.8, 4) is 5.75 Å². The van der Waals surface area contributed by atoms with Crippen molar-refractivity contribution in [3.05, 3.63) is 95.6 Å². The molecule has 0 radical (unpaired) electrons. The number of carbonyl (C=O) groups excluding carboxylic acids is 4. The first-order chi connectivity index (χ1) is 19.3. The Kier molecular flexibility index (Phi) is 8.06. The van der Waals surface area contributed by atoms with Gasteiger partial charge in [-0.1, -0.05) is 63.2 Å². The molecule has 3 amide bonds. The molecule has 8 heteroatoms. The van der Waals surface area contributed by atoms with Crippen LogP contribution >= 0.6 is 0 Å². The smallest absolute Gasteiger partial charge is 0.313 e. The molecule has 0 aliphatic carbocycles. The van der Waals surface area contributed by atoms with Crippen LogP contribution in [0.3, 0.4) is 0 Å². The lowest BCUT2D eigenvalue weighted by Gasteiger charge is -2.45. The zero-order chi connectivity index (χ0) is 30.1. The van der Waals surface area contributed by atoms with Crippen molar-refractivity contribution in [2.75, 3.05) is 19.1 Å². The number of ether oxygens (including phenoxy) is 2. The second-order valence-corrected chi connectivity index (χ2v) is 11.7. The van der Waals surface area contributed by atoms with E-state index in [1.165, 1.54) is 12.0 Å². The molecule has 0 N–H and O–H groups in total. The summed E-state index contributed by atoms with van der Waals surface area (Å²) in [6.45, 7) is 8.87. The van der Waals surface area contributed by atoms with Crippen LogP contribution in [0.1, 0.15) is 66.9 Å². The summed E-state index contributed by atoms with van der Waals surface area (Å²) in [4.78, 5) is 58.2. The summed E-state index contributed by atoms with van der Waals surface area (Å²) in [5, 5.41) is 0. The Morgan fingerprint density at radius 3 is 1.73 bits per heavy atom. The largest absolute Gasteiger partial charge is 0.497 e. The molecule has 1 aliphatic rings. The van der Waals surface area contributed by atoms with Crippen molar-refractivity contribution in [1.82, 2.24) is 4.90 Å². The van der Waals surface area contributed by atoms with Gasteiger partial charge in [0, 0.05) is 5.69 Å². The Morgan fingerprint density at radius 1 is 0.756 bits per heavy atom. The predicted molar refractivity (Wildman–Crippen MR) is 156 cm³/mol. The van der Waals surface area contributed by atoms with Gasteiger partial charge < -0.3 is 14.4 Å². The number of hydrogen-bond donors (Lipinski definition) is 0. The van der Waals surface area contributed by atoms with Crippen LogP contribution in [0, 0.1) is 10.8 Å². The lowest BCUT2D eigenvalue weighted by Crippen LogP contribution is -2.59. The summed E-state index contributed by atoms with van der Waals surface area (Å²) in [5.41, 5.74) is -0.453. The maximum Gasteiger partial charge on any atom is 0.313 e. The van der Waals surface area contributed by atoms with E-state index in [4.69, 9.17) is 9.47 Å². The molecule has 214 valence electrons. The quantitative estimate of drug-likeness (QED) is 0.262. The topological polar surface area (TPSA) is 93.2 Å². The van der Waals surface area contributed by atoms with Crippen LogP contribution in [0.2, 0.25) is 0 Å². The standard InChI is InChI=1S/C33H36N2O6/c1-32(2,3)27(35-28(36)24-15-11-12-16-25(24)29(35)37)30(38)34(22-13-9-8-10-14-22)26(33(4,5)31(39)41-7)21-17-19-23(40-6)20-18-21/h8-20,26-27H,1-7H3/t26-,27+/m0/s1. The van der Waals surface area contributed by atoms with E-state index in [0.29, 0.717) is 17.0 Å². The molecule has 41 heavy (non-hydrogen) atoms. The first kappa shape index (κ1) is 29.5. The first-order valence-electron chi connectivity index (χ1n) is 13.4. The summed E-state index contributed by atoms with van der Waals surface area (Å²) in [7, 11) is 2.86. The summed E-state index contributed by atoms with van der Waals surface area (Å²) < 4.78 is 10.6. The van der Waals surface area contributed by atoms with E-state index in [2.05, 4.69) is 0 Å². The van der Waals surface area contributed by atoms with Crippen LogP contribution in [-0.4, -0.2) is 48.9 Å². The lowest BCUT2D eigenvalue weighted by atomic mass is 9.77. The van der Waals surface area contributed by atoms with Crippen molar-refractivity contribution in [2.45, 2.75) is 46.7 Å². The molecule has 0 aromatic heterocycles. The maximum absolute atomic E-state index is 15.0. The minimum absolute atomic E-state index is 0.257. The fourth-order valence-corrected chi connectivity index (χ4v) is 5.48. The van der Waals surface area contributed by atoms with Gasteiger partial charge in [-0.3, -0.25) is 24.1 Å². The van der Waals surface area contributed by atoms with Crippen LogP contribution in [0.25, 0.3) is 0 Å². The fraction of sp³-hybridized carbons (Fsp3) is 0.333. The van der Waals surface area contributed by atoms with E-state index >= 15 is 4.79 Å². The minimum atomic E-state index is -1.25. The van der Waals surface area contributed by atoms with E-state index in [-0.39, 0.29) is 11.1 Å². The summed E-state index contributed by atoms with van der Waals surface area (Å²) in [6, 6.07) is 20.6. The fourth-order valence-electron chi connectivity index (χ4n) is 5.48. The molecular formula is C33H36N2O6. The zero-order valence-corrected chi connectivity index (χ0v) is 24.5. The number of amides is 3. The van der Waals surface area contributed by atoms with Gasteiger partial charge in [0.15, 0.2) is 0 Å². The number of esters is 1. The van der Waals surface area contributed by atoms with Crippen molar-refractivity contribution in [3.63, 3.8) is 0 Å². The zero-order valence-electron chi connectivity index (χ0n) is 24.5. The van der Waals surface area contributed by atoms with Gasteiger partial charge in [-0.2, -0.15) is 0 Å². The van der Waals surface area contributed by atoms with Crippen LogP contribution < -0.4 is 9.64 Å². The van der Waals surface area contributed by atoms with Crippen LogP contribution in [0.4, 0.5) is 5.69 Å². The molecule has 4 rings (SSSR count). The normalized spacial score (nSPS) is 14.8. The van der Waals surface area contributed by atoms with E-state index in [1.807, 2.05) is 26.8 Å². The van der Waals surface area contributed by atoms with Gasteiger partial charge in [0.1, 0.15) is 11.8 Å². The first-order valence-corrected chi connectivity index (χ1v) is 13.4. The van der Waals surface area contributed by atoms with Gasteiger partial charge >= 0.3 is 5.97 Å². The van der Waals surface area contributed by atoms with Gasteiger partial charge in [-0.25, -0.2) is 0 Å². The van der Waals surface area contributed by atoms with Crippen LogP contribution in [-0.2, 0) is 14.3 Å². The average molecular weight is 557 g/mol. The Balaban J connectivity index is 1.96. The highest BCUT2D eigenvalue weighted by atomic mass is 16.5. The van der Waals surface area contributed by atoms with Gasteiger partial charge in [0.25, 0.3) is 17.7 Å². The lowest BCUT2D eigenvalue weighted by molar-refractivity contribution is -0.152. The highest BCUT2D eigenvalue weighted by molar-refractivity contribution is 6.23. The molecule has 3 aromatic rings. The molecule has 0 spiro atoms.